The molecule has 1 aromatic heterocycles. The van der Waals surface area contributed by atoms with Crippen molar-refractivity contribution in [2.75, 3.05) is 36.4 Å². The average Bonchev–Trinajstić information content (AvgIpc) is 2.56. The zero-order chi connectivity index (χ0) is 15.4. The van der Waals surface area contributed by atoms with Gasteiger partial charge < -0.3 is 15.1 Å². The number of aryl methyl sites for hydroxylation is 1. The van der Waals surface area contributed by atoms with E-state index in [1.54, 1.807) is 12.4 Å². The first kappa shape index (κ1) is 14.4. The molecule has 5 heteroatoms. The van der Waals surface area contributed by atoms with Crippen molar-refractivity contribution < 1.29 is 4.79 Å². The van der Waals surface area contributed by atoms with Crippen LogP contribution in [-0.2, 0) is 0 Å². The number of nitrogens with one attached hydrogen (secondary N) is 1. The van der Waals surface area contributed by atoms with Crippen molar-refractivity contribution in [1.82, 2.24) is 9.88 Å². The second kappa shape index (κ2) is 6.47. The van der Waals surface area contributed by atoms with Gasteiger partial charge in [0.25, 0.3) is 0 Å². The lowest BCUT2D eigenvalue weighted by molar-refractivity contribution is 0.208. The summed E-state index contributed by atoms with van der Waals surface area (Å²) in [5.74, 6) is 0. The molecule has 5 nitrogen and oxygen atoms in total. The third-order valence-corrected chi connectivity index (χ3v) is 3.86. The molecule has 22 heavy (non-hydrogen) atoms. The van der Waals surface area contributed by atoms with Crippen molar-refractivity contribution in [2.45, 2.75) is 6.92 Å². The highest BCUT2D eigenvalue weighted by atomic mass is 16.2. The molecule has 0 atom stereocenters. The zero-order valence-electron chi connectivity index (χ0n) is 12.7. The SMILES string of the molecule is Cc1cccc(NC(=O)N2CCN(c3ccncc3)CC2)c1. The molecular weight excluding hydrogens is 276 g/mol. The van der Waals surface area contributed by atoms with Crippen LogP contribution in [0.1, 0.15) is 5.56 Å². The van der Waals surface area contributed by atoms with Crippen molar-refractivity contribution in [3.8, 4) is 0 Å². The molecule has 0 radical (unpaired) electrons. The van der Waals surface area contributed by atoms with Crippen LogP contribution in [-0.4, -0.2) is 42.1 Å². The van der Waals surface area contributed by atoms with E-state index in [2.05, 4.69) is 15.2 Å². The van der Waals surface area contributed by atoms with E-state index >= 15 is 0 Å². The fourth-order valence-corrected chi connectivity index (χ4v) is 2.65. The number of carbonyl (C=O) groups is 1. The van der Waals surface area contributed by atoms with Gasteiger partial charge in [-0.15, -0.1) is 0 Å². The number of benzene rings is 1. The maximum atomic E-state index is 12.3. The summed E-state index contributed by atoms with van der Waals surface area (Å²) in [4.78, 5) is 20.5. The molecule has 0 saturated carbocycles. The number of anilines is 2. The Labute approximate surface area is 130 Å². The van der Waals surface area contributed by atoms with Crippen molar-refractivity contribution in [1.29, 1.82) is 0 Å². The van der Waals surface area contributed by atoms with Gasteiger partial charge in [0.2, 0.25) is 0 Å². The van der Waals surface area contributed by atoms with Crippen LogP contribution < -0.4 is 10.2 Å². The molecule has 1 aliphatic heterocycles. The molecule has 0 aliphatic carbocycles. The largest absolute Gasteiger partial charge is 0.368 e. The number of amides is 2. The molecule has 1 fully saturated rings. The Morgan fingerprint density at radius 3 is 2.50 bits per heavy atom. The third kappa shape index (κ3) is 3.36. The van der Waals surface area contributed by atoms with E-state index in [1.165, 1.54) is 0 Å². The topological polar surface area (TPSA) is 48.5 Å². The van der Waals surface area contributed by atoms with E-state index < -0.39 is 0 Å². The number of urea groups is 1. The maximum absolute atomic E-state index is 12.3. The number of hydrogen-bond donors (Lipinski definition) is 1. The lowest BCUT2D eigenvalue weighted by atomic mass is 10.2. The number of aromatic nitrogens is 1. The predicted molar refractivity (Wildman–Crippen MR) is 88.2 cm³/mol. The standard InChI is InChI=1S/C17H20N4O/c1-14-3-2-4-15(13-14)19-17(22)21-11-9-20(10-12-21)16-5-7-18-8-6-16/h2-8,13H,9-12H2,1H3,(H,19,22). The van der Waals surface area contributed by atoms with E-state index in [0.717, 1.165) is 43.1 Å². The van der Waals surface area contributed by atoms with Gasteiger partial charge in [-0.2, -0.15) is 0 Å². The van der Waals surface area contributed by atoms with Gasteiger partial charge >= 0.3 is 6.03 Å². The van der Waals surface area contributed by atoms with Crippen molar-refractivity contribution in [3.05, 3.63) is 54.4 Å². The summed E-state index contributed by atoms with van der Waals surface area (Å²) in [6, 6.07) is 11.8. The molecule has 2 aromatic rings. The monoisotopic (exact) mass is 296 g/mol. The van der Waals surface area contributed by atoms with Crippen LogP contribution in [0.25, 0.3) is 0 Å². The van der Waals surface area contributed by atoms with Gasteiger partial charge in [-0.05, 0) is 36.8 Å². The summed E-state index contributed by atoms with van der Waals surface area (Å²) < 4.78 is 0. The molecule has 0 unspecified atom stereocenters. The summed E-state index contributed by atoms with van der Waals surface area (Å²) in [5, 5.41) is 2.97. The number of pyridine rings is 1. The lowest BCUT2D eigenvalue weighted by Gasteiger charge is -2.36. The molecule has 3 rings (SSSR count). The molecule has 2 heterocycles. The molecule has 1 aliphatic rings. The highest BCUT2D eigenvalue weighted by molar-refractivity contribution is 5.89. The lowest BCUT2D eigenvalue weighted by Crippen LogP contribution is -2.50. The minimum Gasteiger partial charge on any atom is -0.368 e. The van der Waals surface area contributed by atoms with Crippen LogP contribution in [0.3, 0.4) is 0 Å². The molecule has 0 spiro atoms. The highest BCUT2D eigenvalue weighted by Gasteiger charge is 2.21. The van der Waals surface area contributed by atoms with Crippen molar-refractivity contribution in [2.24, 2.45) is 0 Å². The van der Waals surface area contributed by atoms with Gasteiger partial charge in [0.05, 0.1) is 0 Å². The Bertz CT molecular complexity index is 636. The minimum absolute atomic E-state index is 0.0278. The Hall–Kier alpha value is -2.56. The number of hydrogen-bond acceptors (Lipinski definition) is 3. The van der Waals surface area contributed by atoms with Gasteiger partial charge in [-0.1, -0.05) is 12.1 Å². The van der Waals surface area contributed by atoms with Crippen LogP contribution in [0.5, 0.6) is 0 Å². The first-order valence-electron chi connectivity index (χ1n) is 7.50. The van der Waals surface area contributed by atoms with E-state index in [4.69, 9.17) is 0 Å². The summed E-state index contributed by atoms with van der Waals surface area (Å²) in [7, 11) is 0. The zero-order valence-corrected chi connectivity index (χ0v) is 12.7. The Morgan fingerprint density at radius 1 is 1.09 bits per heavy atom. The molecule has 0 bridgehead atoms. The average molecular weight is 296 g/mol. The number of carbonyl (C=O) groups excluding carboxylic acids is 1. The second-order valence-electron chi connectivity index (χ2n) is 5.48. The summed E-state index contributed by atoms with van der Waals surface area (Å²) in [5.41, 5.74) is 3.15. The van der Waals surface area contributed by atoms with E-state index in [1.807, 2.05) is 48.2 Å². The minimum atomic E-state index is -0.0278. The fourth-order valence-electron chi connectivity index (χ4n) is 2.65. The molecule has 1 N–H and O–H groups in total. The second-order valence-corrected chi connectivity index (χ2v) is 5.48. The summed E-state index contributed by atoms with van der Waals surface area (Å²) >= 11 is 0. The molecule has 1 aromatic carbocycles. The number of piperazine rings is 1. The quantitative estimate of drug-likeness (QED) is 0.927. The van der Waals surface area contributed by atoms with E-state index in [9.17, 15) is 4.79 Å². The first-order chi connectivity index (χ1) is 10.7. The Kier molecular flexibility index (Phi) is 4.23. The Balaban J connectivity index is 1.56. The maximum Gasteiger partial charge on any atom is 0.321 e. The van der Waals surface area contributed by atoms with Gasteiger partial charge in [-0.25, -0.2) is 4.79 Å². The van der Waals surface area contributed by atoms with E-state index in [-0.39, 0.29) is 6.03 Å². The van der Waals surface area contributed by atoms with Gasteiger partial charge in [0.15, 0.2) is 0 Å². The van der Waals surface area contributed by atoms with Crippen LogP contribution >= 0.6 is 0 Å². The molecule has 2 amide bonds. The smallest absolute Gasteiger partial charge is 0.321 e. The normalized spacial score (nSPS) is 14.8. The summed E-state index contributed by atoms with van der Waals surface area (Å²) in [6.07, 6.45) is 3.60. The van der Waals surface area contributed by atoms with Crippen LogP contribution in [0.4, 0.5) is 16.2 Å². The van der Waals surface area contributed by atoms with Crippen LogP contribution in [0, 0.1) is 6.92 Å². The van der Waals surface area contributed by atoms with Crippen molar-refractivity contribution in [3.63, 3.8) is 0 Å². The predicted octanol–water partition coefficient (Wildman–Crippen LogP) is 2.74. The molecule has 1 saturated heterocycles. The third-order valence-electron chi connectivity index (χ3n) is 3.86. The molecular formula is C17H20N4O. The number of rotatable bonds is 2. The Morgan fingerprint density at radius 2 is 1.82 bits per heavy atom. The fraction of sp³-hybridized carbons (Fsp3) is 0.294. The van der Waals surface area contributed by atoms with E-state index in [0.29, 0.717) is 0 Å². The first-order valence-corrected chi connectivity index (χ1v) is 7.50. The number of nitrogens with zero attached hydrogens (tertiary/aromatic N) is 3. The van der Waals surface area contributed by atoms with Crippen LogP contribution in [0.2, 0.25) is 0 Å². The van der Waals surface area contributed by atoms with Gasteiger partial charge in [0, 0.05) is 49.9 Å². The summed E-state index contributed by atoms with van der Waals surface area (Å²) in [6.45, 7) is 5.14. The molecule has 114 valence electrons. The highest BCUT2D eigenvalue weighted by Crippen LogP contribution is 2.16. The van der Waals surface area contributed by atoms with Gasteiger partial charge in [-0.3, -0.25) is 4.98 Å². The van der Waals surface area contributed by atoms with Crippen LogP contribution in [0.15, 0.2) is 48.8 Å². The van der Waals surface area contributed by atoms with Crippen molar-refractivity contribution >= 4 is 17.4 Å². The van der Waals surface area contributed by atoms with Gasteiger partial charge in [0.1, 0.15) is 0 Å².